The summed E-state index contributed by atoms with van der Waals surface area (Å²) < 4.78 is 5.46. The summed E-state index contributed by atoms with van der Waals surface area (Å²) in [5, 5.41) is 13.4. The van der Waals surface area contributed by atoms with E-state index in [1.807, 2.05) is 13.0 Å². The lowest BCUT2D eigenvalue weighted by Gasteiger charge is -2.12. The van der Waals surface area contributed by atoms with Crippen LogP contribution in [0.3, 0.4) is 0 Å². The topological polar surface area (TPSA) is 51.0 Å². The van der Waals surface area contributed by atoms with Crippen molar-refractivity contribution >= 4 is 17.0 Å². The smallest absolute Gasteiger partial charge is 0.238 e. The van der Waals surface area contributed by atoms with Crippen molar-refractivity contribution in [3.63, 3.8) is 0 Å². The number of benzene rings is 1. The van der Waals surface area contributed by atoms with Gasteiger partial charge in [0, 0.05) is 17.5 Å². The summed E-state index contributed by atoms with van der Waals surface area (Å²) in [6.07, 6.45) is 0. The molecule has 2 aromatic heterocycles. The van der Waals surface area contributed by atoms with E-state index in [1.54, 1.807) is 18.3 Å². The van der Waals surface area contributed by atoms with Crippen LogP contribution in [0, 0.1) is 13.8 Å². The molecule has 1 atom stereocenters. The van der Waals surface area contributed by atoms with Gasteiger partial charge < -0.3 is 9.73 Å². The van der Waals surface area contributed by atoms with Crippen molar-refractivity contribution in [1.82, 2.24) is 10.2 Å². The van der Waals surface area contributed by atoms with E-state index in [4.69, 9.17) is 4.42 Å². The van der Waals surface area contributed by atoms with E-state index in [2.05, 4.69) is 52.1 Å². The molecule has 0 aliphatic heterocycles. The Balaban J connectivity index is 1.82. The van der Waals surface area contributed by atoms with E-state index < -0.39 is 0 Å². The Kier molecular flexibility index (Phi) is 3.75. The van der Waals surface area contributed by atoms with Gasteiger partial charge in [-0.2, -0.15) is 0 Å². The summed E-state index contributed by atoms with van der Waals surface area (Å²) >= 11 is 1.76. The molecule has 1 aromatic carbocycles. The highest BCUT2D eigenvalue weighted by Crippen LogP contribution is 2.31. The zero-order valence-corrected chi connectivity index (χ0v) is 13.1. The number of aromatic nitrogens is 2. The molecule has 3 aromatic rings. The molecule has 3 rings (SSSR count). The molecule has 0 amide bonds. The number of aryl methyl sites for hydroxylation is 2. The van der Waals surface area contributed by atoms with Crippen molar-refractivity contribution in [3.05, 3.63) is 53.1 Å². The van der Waals surface area contributed by atoms with Crippen LogP contribution in [0.15, 0.2) is 40.1 Å². The van der Waals surface area contributed by atoms with E-state index in [1.165, 1.54) is 16.0 Å². The Hall–Kier alpha value is -2.14. The number of hydrogen-bond acceptors (Lipinski definition) is 5. The van der Waals surface area contributed by atoms with Crippen LogP contribution >= 0.6 is 11.3 Å². The van der Waals surface area contributed by atoms with Gasteiger partial charge in [0.25, 0.3) is 0 Å². The standard InChI is InChI=1S/C16H17N3OS/c1-10-7-8-21-15(10)13-5-4-6-14(9-13)17-11(2)16-19-18-12(3)20-16/h4-9,11,17H,1-3H3. The maximum absolute atomic E-state index is 5.46. The van der Waals surface area contributed by atoms with E-state index >= 15 is 0 Å². The molecule has 0 fully saturated rings. The lowest BCUT2D eigenvalue weighted by Crippen LogP contribution is -2.07. The average Bonchev–Trinajstić information content (AvgIpc) is 3.08. The number of rotatable bonds is 4. The van der Waals surface area contributed by atoms with E-state index in [0.717, 1.165) is 5.69 Å². The van der Waals surface area contributed by atoms with Crippen LogP contribution in [0.4, 0.5) is 5.69 Å². The van der Waals surface area contributed by atoms with Gasteiger partial charge in [-0.1, -0.05) is 12.1 Å². The molecule has 0 aliphatic carbocycles. The Bertz CT molecular complexity index is 747. The van der Waals surface area contributed by atoms with Gasteiger partial charge in [-0.05, 0) is 48.6 Å². The van der Waals surface area contributed by atoms with Crippen LogP contribution in [0.5, 0.6) is 0 Å². The first-order valence-electron chi connectivity index (χ1n) is 6.84. The normalized spacial score (nSPS) is 12.3. The molecule has 0 aliphatic rings. The number of hydrogen-bond donors (Lipinski definition) is 1. The van der Waals surface area contributed by atoms with Crippen LogP contribution in [0.1, 0.15) is 30.3 Å². The van der Waals surface area contributed by atoms with Crippen molar-refractivity contribution in [2.75, 3.05) is 5.32 Å². The minimum atomic E-state index is -0.0223. The summed E-state index contributed by atoms with van der Waals surface area (Å²) in [5.74, 6) is 1.19. The fourth-order valence-electron chi connectivity index (χ4n) is 2.22. The number of nitrogens with one attached hydrogen (secondary N) is 1. The third-order valence-corrected chi connectivity index (χ3v) is 4.35. The monoisotopic (exact) mass is 299 g/mol. The van der Waals surface area contributed by atoms with Gasteiger partial charge in [0.05, 0.1) is 0 Å². The van der Waals surface area contributed by atoms with Gasteiger partial charge in [0.1, 0.15) is 6.04 Å². The summed E-state index contributed by atoms with van der Waals surface area (Å²) in [7, 11) is 0. The predicted octanol–water partition coefficient (Wildman–Crippen LogP) is 4.59. The Morgan fingerprint density at radius 2 is 2.05 bits per heavy atom. The Labute approximate surface area is 127 Å². The third kappa shape index (κ3) is 2.97. The molecule has 0 saturated carbocycles. The highest BCUT2D eigenvalue weighted by molar-refractivity contribution is 7.13. The highest BCUT2D eigenvalue weighted by Gasteiger charge is 2.12. The molecular formula is C16H17N3OS. The minimum Gasteiger partial charge on any atom is -0.423 e. The van der Waals surface area contributed by atoms with Crippen LogP contribution in [-0.4, -0.2) is 10.2 Å². The molecule has 4 nitrogen and oxygen atoms in total. The van der Waals surface area contributed by atoms with Crippen molar-refractivity contribution in [1.29, 1.82) is 0 Å². The maximum Gasteiger partial charge on any atom is 0.238 e. The fourth-order valence-corrected chi connectivity index (χ4v) is 3.14. The molecule has 108 valence electrons. The summed E-state index contributed by atoms with van der Waals surface area (Å²) in [6.45, 7) is 5.94. The molecule has 5 heteroatoms. The van der Waals surface area contributed by atoms with Gasteiger partial charge in [0.2, 0.25) is 11.8 Å². The highest BCUT2D eigenvalue weighted by atomic mass is 32.1. The first-order valence-corrected chi connectivity index (χ1v) is 7.72. The quantitative estimate of drug-likeness (QED) is 0.765. The van der Waals surface area contributed by atoms with Gasteiger partial charge in [0.15, 0.2) is 0 Å². The molecule has 0 saturated heterocycles. The molecule has 2 heterocycles. The SMILES string of the molecule is Cc1nnc(C(C)Nc2cccc(-c3sccc3C)c2)o1. The maximum atomic E-state index is 5.46. The second kappa shape index (κ2) is 5.69. The lowest BCUT2D eigenvalue weighted by molar-refractivity contribution is 0.451. The first-order chi connectivity index (χ1) is 10.1. The molecule has 1 unspecified atom stereocenters. The summed E-state index contributed by atoms with van der Waals surface area (Å²) in [6, 6.07) is 10.5. The van der Waals surface area contributed by atoms with Crippen molar-refractivity contribution in [2.45, 2.75) is 26.8 Å². The number of nitrogens with zero attached hydrogens (tertiary/aromatic N) is 2. The van der Waals surface area contributed by atoms with Crippen LogP contribution < -0.4 is 5.32 Å². The lowest BCUT2D eigenvalue weighted by atomic mass is 10.1. The van der Waals surface area contributed by atoms with Crippen molar-refractivity contribution < 1.29 is 4.42 Å². The minimum absolute atomic E-state index is 0.0223. The van der Waals surface area contributed by atoms with Gasteiger partial charge in [-0.3, -0.25) is 0 Å². The van der Waals surface area contributed by atoms with E-state index in [0.29, 0.717) is 11.8 Å². The van der Waals surface area contributed by atoms with Crippen molar-refractivity contribution in [3.8, 4) is 10.4 Å². The predicted molar refractivity (Wildman–Crippen MR) is 85.6 cm³/mol. The Morgan fingerprint density at radius 1 is 1.19 bits per heavy atom. The van der Waals surface area contributed by atoms with Gasteiger partial charge in [-0.15, -0.1) is 21.5 Å². The van der Waals surface area contributed by atoms with Crippen molar-refractivity contribution in [2.24, 2.45) is 0 Å². The molecule has 0 spiro atoms. The second-order valence-electron chi connectivity index (χ2n) is 5.04. The zero-order valence-electron chi connectivity index (χ0n) is 12.3. The zero-order chi connectivity index (χ0) is 14.8. The Morgan fingerprint density at radius 3 is 2.71 bits per heavy atom. The third-order valence-electron chi connectivity index (χ3n) is 3.28. The number of anilines is 1. The molecular weight excluding hydrogens is 282 g/mol. The molecule has 1 N–H and O–H groups in total. The number of thiophene rings is 1. The largest absolute Gasteiger partial charge is 0.423 e. The van der Waals surface area contributed by atoms with Crippen LogP contribution in [0.2, 0.25) is 0 Å². The molecule has 0 radical (unpaired) electrons. The van der Waals surface area contributed by atoms with Gasteiger partial charge in [-0.25, -0.2) is 0 Å². The van der Waals surface area contributed by atoms with E-state index in [9.17, 15) is 0 Å². The van der Waals surface area contributed by atoms with Crippen LogP contribution in [0.25, 0.3) is 10.4 Å². The molecule has 0 bridgehead atoms. The first kappa shape index (κ1) is 13.8. The van der Waals surface area contributed by atoms with E-state index in [-0.39, 0.29) is 6.04 Å². The summed E-state index contributed by atoms with van der Waals surface area (Å²) in [4.78, 5) is 1.31. The second-order valence-corrected chi connectivity index (χ2v) is 5.96. The van der Waals surface area contributed by atoms with Gasteiger partial charge >= 0.3 is 0 Å². The average molecular weight is 299 g/mol. The fraction of sp³-hybridized carbons (Fsp3) is 0.250. The van der Waals surface area contributed by atoms with Crippen LogP contribution in [-0.2, 0) is 0 Å². The molecule has 21 heavy (non-hydrogen) atoms. The summed E-state index contributed by atoms with van der Waals surface area (Å²) in [5.41, 5.74) is 3.57.